The van der Waals surface area contributed by atoms with Crippen LogP contribution in [0.4, 0.5) is 0 Å². The molecule has 0 aliphatic rings. The second kappa shape index (κ2) is 6.08. The van der Waals surface area contributed by atoms with Gasteiger partial charge in [0.2, 0.25) is 5.91 Å². The Bertz CT molecular complexity index is 205. The van der Waals surface area contributed by atoms with E-state index in [-0.39, 0.29) is 18.6 Å². The van der Waals surface area contributed by atoms with E-state index in [1.54, 1.807) is 11.9 Å². The van der Waals surface area contributed by atoms with Crippen LogP contribution < -0.4 is 5.73 Å². The van der Waals surface area contributed by atoms with Gasteiger partial charge in [-0.25, -0.2) is 0 Å². The molecule has 0 spiro atoms. The molecule has 0 rings (SSSR count). The molecule has 4 heteroatoms. The van der Waals surface area contributed by atoms with Gasteiger partial charge in [0, 0.05) is 19.5 Å². The average molecular weight is 216 g/mol. The van der Waals surface area contributed by atoms with Crippen LogP contribution in [0.15, 0.2) is 0 Å². The molecule has 0 aliphatic heterocycles. The van der Waals surface area contributed by atoms with Gasteiger partial charge < -0.3 is 15.7 Å². The summed E-state index contributed by atoms with van der Waals surface area (Å²) in [6.45, 7) is 5.66. The number of hydrogen-bond acceptors (Lipinski definition) is 3. The molecule has 90 valence electrons. The van der Waals surface area contributed by atoms with Crippen LogP contribution >= 0.6 is 0 Å². The van der Waals surface area contributed by atoms with Gasteiger partial charge in [-0.1, -0.05) is 13.3 Å². The molecule has 0 saturated carbocycles. The molecule has 15 heavy (non-hydrogen) atoms. The molecular formula is C11H24N2O2. The molecule has 1 atom stereocenters. The first-order chi connectivity index (χ1) is 6.85. The fraction of sp³-hybridized carbons (Fsp3) is 0.909. The van der Waals surface area contributed by atoms with Crippen LogP contribution in [0, 0.1) is 0 Å². The van der Waals surface area contributed by atoms with Crippen LogP contribution in [0.25, 0.3) is 0 Å². The van der Waals surface area contributed by atoms with E-state index in [0.29, 0.717) is 6.42 Å². The number of aliphatic hydroxyl groups is 1. The molecule has 0 heterocycles. The number of nitrogens with two attached hydrogens (primary N) is 1. The number of aliphatic hydroxyl groups excluding tert-OH is 1. The van der Waals surface area contributed by atoms with E-state index >= 15 is 0 Å². The van der Waals surface area contributed by atoms with Gasteiger partial charge in [-0.15, -0.1) is 0 Å². The molecule has 0 fully saturated rings. The van der Waals surface area contributed by atoms with Gasteiger partial charge in [0.1, 0.15) is 0 Å². The van der Waals surface area contributed by atoms with E-state index in [9.17, 15) is 4.79 Å². The van der Waals surface area contributed by atoms with Gasteiger partial charge in [0.15, 0.2) is 0 Å². The van der Waals surface area contributed by atoms with Gasteiger partial charge in [0.25, 0.3) is 0 Å². The Morgan fingerprint density at radius 2 is 2.07 bits per heavy atom. The summed E-state index contributed by atoms with van der Waals surface area (Å²) in [5.41, 5.74) is 5.29. The van der Waals surface area contributed by atoms with Crippen LogP contribution in [-0.2, 0) is 4.79 Å². The van der Waals surface area contributed by atoms with Crippen LogP contribution in [0.2, 0.25) is 0 Å². The first kappa shape index (κ1) is 14.4. The Kier molecular flexibility index (Phi) is 5.83. The van der Waals surface area contributed by atoms with Crippen molar-refractivity contribution in [3.8, 4) is 0 Å². The standard InChI is InChI=1S/C11H24N2O2/c1-5-6-9(12)7-10(15)13(4)11(2,3)8-14/h9,14H,5-8,12H2,1-4H3. The van der Waals surface area contributed by atoms with Gasteiger partial charge in [0.05, 0.1) is 12.1 Å². The summed E-state index contributed by atoms with van der Waals surface area (Å²) < 4.78 is 0. The molecule has 0 radical (unpaired) electrons. The predicted octanol–water partition coefficient (Wildman–Crippen LogP) is 0.733. The number of amides is 1. The summed E-state index contributed by atoms with van der Waals surface area (Å²) in [6.07, 6.45) is 2.20. The Morgan fingerprint density at radius 3 is 2.47 bits per heavy atom. The maximum Gasteiger partial charge on any atom is 0.224 e. The molecule has 0 aromatic rings. The molecule has 1 amide bonds. The molecule has 0 bridgehead atoms. The first-order valence-electron chi connectivity index (χ1n) is 5.48. The van der Waals surface area contributed by atoms with Gasteiger partial charge >= 0.3 is 0 Å². The number of hydrogen-bond donors (Lipinski definition) is 2. The summed E-state index contributed by atoms with van der Waals surface area (Å²) in [6, 6.07) is -0.0700. The topological polar surface area (TPSA) is 66.6 Å². The van der Waals surface area contributed by atoms with E-state index < -0.39 is 5.54 Å². The lowest BCUT2D eigenvalue weighted by molar-refractivity contribution is -0.136. The maximum absolute atomic E-state index is 11.8. The van der Waals surface area contributed by atoms with E-state index in [4.69, 9.17) is 10.8 Å². The number of rotatable bonds is 6. The Labute approximate surface area is 92.4 Å². The third kappa shape index (κ3) is 4.62. The lowest BCUT2D eigenvalue weighted by Gasteiger charge is -2.34. The Hall–Kier alpha value is -0.610. The highest BCUT2D eigenvalue weighted by Gasteiger charge is 2.27. The number of likely N-dealkylation sites (N-methyl/N-ethyl adjacent to an activating group) is 1. The van der Waals surface area contributed by atoms with E-state index in [1.165, 1.54) is 0 Å². The van der Waals surface area contributed by atoms with Crippen molar-refractivity contribution in [1.82, 2.24) is 4.90 Å². The third-order valence-electron chi connectivity index (χ3n) is 2.77. The largest absolute Gasteiger partial charge is 0.394 e. The Balaban J connectivity index is 4.21. The van der Waals surface area contributed by atoms with Gasteiger partial charge in [-0.2, -0.15) is 0 Å². The summed E-state index contributed by atoms with van der Waals surface area (Å²) in [5, 5.41) is 9.13. The zero-order valence-corrected chi connectivity index (χ0v) is 10.3. The fourth-order valence-electron chi connectivity index (χ4n) is 1.28. The van der Waals surface area contributed by atoms with E-state index in [1.807, 2.05) is 20.8 Å². The van der Waals surface area contributed by atoms with Crippen molar-refractivity contribution in [3.05, 3.63) is 0 Å². The SMILES string of the molecule is CCCC(N)CC(=O)N(C)C(C)(C)CO. The second-order valence-electron chi connectivity index (χ2n) is 4.68. The van der Waals surface area contributed by atoms with Gasteiger partial charge in [-0.3, -0.25) is 4.79 Å². The first-order valence-corrected chi connectivity index (χ1v) is 5.48. The molecule has 4 nitrogen and oxygen atoms in total. The van der Waals surface area contributed by atoms with Gasteiger partial charge in [-0.05, 0) is 20.3 Å². The highest BCUT2D eigenvalue weighted by molar-refractivity contribution is 5.77. The quantitative estimate of drug-likeness (QED) is 0.688. The summed E-state index contributed by atoms with van der Waals surface area (Å²) in [4.78, 5) is 13.3. The number of carbonyl (C=O) groups is 1. The average Bonchev–Trinajstić information content (AvgIpc) is 2.16. The summed E-state index contributed by atoms with van der Waals surface area (Å²) >= 11 is 0. The monoisotopic (exact) mass is 216 g/mol. The van der Waals surface area contributed by atoms with E-state index in [2.05, 4.69) is 0 Å². The molecule has 0 aromatic carbocycles. The maximum atomic E-state index is 11.8. The van der Waals surface area contributed by atoms with Crippen molar-refractivity contribution < 1.29 is 9.90 Å². The molecule has 0 saturated heterocycles. The zero-order valence-electron chi connectivity index (χ0n) is 10.3. The number of carbonyl (C=O) groups excluding carboxylic acids is 1. The van der Waals surface area contributed by atoms with Crippen molar-refractivity contribution in [2.45, 2.75) is 51.6 Å². The summed E-state index contributed by atoms with van der Waals surface area (Å²) in [5.74, 6) is -0.00463. The normalized spacial score (nSPS) is 13.7. The van der Waals surface area contributed by atoms with Crippen LogP contribution in [-0.4, -0.2) is 41.1 Å². The zero-order chi connectivity index (χ0) is 12.1. The van der Waals surface area contributed by atoms with E-state index in [0.717, 1.165) is 12.8 Å². The van der Waals surface area contributed by atoms with Crippen LogP contribution in [0.1, 0.15) is 40.0 Å². The predicted molar refractivity (Wildman–Crippen MR) is 61.4 cm³/mol. The van der Waals surface area contributed by atoms with Crippen molar-refractivity contribution in [3.63, 3.8) is 0 Å². The second-order valence-corrected chi connectivity index (χ2v) is 4.68. The molecule has 1 unspecified atom stereocenters. The third-order valence-corrected chi connectivity index (χ3v) is 2.77. The highest BCUT2D eigenvalue weighted by Crippen LogP contribution is 2.13. The van der Waals surface area contributed by atoms with Crippen molar-refractivity contribution in [1.29, 1.82) is 0 Å². The molecule has 3 N–H and O–H groups in total. The smallest absolute Gasteiger partial charge is 0.224 e. The molecule has 0 aromatic heterocycles. The molecular weight excluding hydrogens is 192 g/mol. The lowest BCUT2D eigenvalue weighted by atomic mass is 10.0. The van der Waals surface area contributed by atoms with Crippen LogP contribution in [0.5, 0.6) is 0 Å². The minimum Gasteiger partial charge on any atom is -0.394 e. The Morgan fingerprint density at radius 1 is 1.53 bits per heavy atom. The molecule has 0 aliphatic carbocycles. The lowest BCUT2D eigenvalue weighted by Crippen LogP contribution is -2.48. The van der Waals surface area contributed by atoms with Crippen molar-refractivity contribution in [2.75, 3.05) is 13.7 Å². The fourth-order valence-corrected chi connectivity index (χ4v) is 1.28. The number of nitrogens with zero attached hydrogens (tertiary/aromatic N) is 1. The highest BCUT2D eigenvalue weighted by atomic mass is 16.3. The van der Waals surface area contributed by atoms with Crippen LogP contribution in [0.3, 0.4) is 0 Å². The summed E-state index contributed by atoms with van der Waals surface area (Å²) in [7, 11) is 1.71. The minimum atomic E-state index is -0.511. The minimum absolute atomic E-state index is 0.00463. The van der Waals surface area contributed by atoms with Crippen molar-refractivity contribution >= 4 is 5.91 Å². The van der Waals surface area contributed by atoms with Crippen molar-refractivity contribution in [2.24, 2.45) is 5.73 Å².